The number of fused-ring (bicyclic) bond motifs is 3. The second-order valence-electron chi connectivity index (χ2n) is 9.58. The first-order valence-corrected chi connectivity index (χ1v) is 12.3. The van der Waals surface area contributed by atoms with Gasteiger partial charge in [-0.1, -0.05) is 61.9 Å². The van der Waals surface area contributed by atoms with E-state index in [-0.39, 0.29) is 17.9 Å². The standard InChI is InChI=1S/C27H30ClN3O2/c1-27(26(33)29-21-10-5-3-2-4-6-11-21)18-30-23-12-8-7-9-19(23)17-24(30)25(32)31(27)22-15-13-20(28)14-16-22/h7-9,12-17,21H,2-6,10-11,18H2,1H3,(H,29,33). The third-order valence-electron chi connectivity index (χ3n) is 7.21. The van der Waals surface area contributed by atoms with Gasteiger partial charge < -0.3 is 9.88 Å². The Morgan fingerprint density at radius 2 is 1.67 bits per heavy atom. The Kier molecular flexibility index (Phi) is 5.92. The molecule has 1 saturated carbocycles. The zero-order valence-electron chi connectivity index (χ0n) is 19.0. The molecule has 0 spiro atoms. The number of carbonyl (C=O) groups is 2. The molecule has 2 aliphatic rings. The normalized spacial score (nSPS) is 22.0. The monoisotopic (exact) mass is 463 g/mol. The van der Waals surface area contributed by atoms with Crippen LogP contribution < -0.4 is 10.2 Å². The number of halogens is 1. The number of para-hydroxylation sites is 1. The third kappa shape index (κ3) is 4.04. The van der Waals surface area contributed by atoms with Gasteiger partial charge in [0.05, 0.1) is 6.54 Å². The van der Waals surface area contributed by atoms with Crippen molar-refractivity contribution in [2.45, 2.75) is 70.0 Å². The van der Waals surface area contributed by atoms with E-state index in [9.17, 15) is 9.59 Å². The highest BCUT2D eigenvalue weighted by molar-refractivity contribution is 6.30. The summed E-state index contributed by atoms with van der Waals surface area (Å²) in [5, 5.41) is 4.92. The number of amides is 2. The molecule has 0 bridgehead atoms. The van der Waals surface area contributed by atoms with Crippen LogP contribution >= 0.6 is 11.6 Å². The fourth-order valence-corrected chi connectivity index (χ4v) is 5.51. The summed E-state index contributed by atoms with van der Waals surface area (Å²) in [5.74, 6) is -0.269. The van der Waals surface area contributed by atoms with Crippen molar-refractivity contribution in [2.24, 2.45) is 0 Å². The molecule has 0 radical (unpaired) electrons. The van der Waals surface area contributed by atoms with E-state index in [1.54, 1.807) is 17.0 Å². The Morgan fingerprint density at radius 3 is 2.39 bits per heavy atom. The number of aromatic nitrogens is 1. The highest BCUT2D eigenvalue weighted by Gasteiger charge is 2.49. The summed E-state index contributed by atoms with van der Waals surface area (Å²) in [6.45, 7) is 2.28. The average Bonchev–Trinajstić information content (AvgIpc) is 3.15. The molecular weight excluding hydrogens is 434 g/mol. The topological polar surface area (TPSA) is 54.3 Å². The van der Waals surface area contributed by atoms with Gasteiger partial charge in [-0.05, 0) is 56.2 Å². The third-order valence-corrected chi connectivity index (χ3v) is 7.46. The van der Waals surface area contributed by atoms with Gasteiger partial charge in [-0.15, -0.1) is 0 Å². The second-order valence-corrected chi connectivity index (χ2v) is 10.0. The van der Waals surface area contributed by atoms with Gasteiger partial charge in [0.1, 0.15) is 11.2 Å². The molecule has 1 aromatic heterocycles. The van der Waals surface area contributed by atoms with Crippen molar-refractivity contribution in [3.05, 3.63) is 65.3 Å². The molecule has 0 saturated heterocycles. The molecule has 2 amide bonds. The molecule has 1 unspecified atom stereocenters. The summed E-state index contributed by atoms with van der Waals surface area (Å²) in [7, 11) is 0. The van der Waals surface area contributed by atoms with E-state index in [1.807, 2.05) is 54.0 Å². The summed E-state index contributed by atoms with van der Waals surface area (Å²) in [6.07, 6.45) is 7.97. The lowest BCUT2D eigenvalue weighted by Gasteiger charge is -2.44. The number of anilines is 1. The number of benzene rings is 2. The molecule has 1 N–H and O–H groups in total. The minimum atomic E-state index is -1.07. The molecule has 6 heteroatoms. The van der Waals surface area contributed by atoms with E-state index in [0.717, 1.165) is 36.6 Å². The van der Waals surface area contributed by atoms with Crippen LogP contribution in [-0.4, -0.2) is 28.0 Å². The molecular formula is C27H30ClN3O2. The Morgan fingerprint density at radius 1 is 1.00 bits per heavy atom. The minimum absolute atomic E-state index is 0.0974. The van der Waals surface area contributed by atoms with Crippen molar-refractivity contribution in [1.82, 2.24) is 9.88 Å². The van der Waals surface area contributed by atoms with E-state index >= 15 is 0 Å². The van der Waals surface area contributed by atoms with Gasteiger partial charge in [0.2, 0.25) is 5.91 Å². The van der Waals surface area contributed by atoms with E-state index in [4.69, 9.17) is 11.6 Å². The van der Waals surface area contributed by atoms with Crippen molar-refractivity contribution in [3.63, 3.8) is 0 Å². The fraction of sp³-hybridized carbons (Fsp3) is 0.407. The number of carbonyl (C=O) groups excluding carboxylic acids is 2. The maximum Gasteiger partial charge on any atom is 0.275 e. The van der Waals surface area contributed by atoms with Crippen LogP contribution in [0, 0.1) is 0 Å². The second kappa shape index (κ2) is 8.86. The number of nitrogens with one attached hydrogen (secondary N) is 1. The molecule has 5 rings (SSSR count). The van der Waals surface area contributed by atoms with Crippen LogP contribution in [0.4, 0.5) is 5.69 Å². The summed E-state index contributed by atoms with van der Waals surface area (Å²) in [4.78, 5) is 29.4. The van der Waals surface area contributed by atoms with Gasteiger partial charge in [0, 0.05) is 27.7 Å². The number of nitrogens with zero attached hydrogens (tertiary/aromatic N) is 2. The van der Waals surface area contributed by atoms with Gasteiger partial charge in [0.15, 0.2) is 0 Å². The molecule has 2 heterocycles. The highest BCUT2D eigenvalue weighted by atomic mass is 35.5. The Labute approximate surface area is 199 Å². The first kappa shape index (κ1) is 22.0. The average molecular weight is 464 g/mol. The van der Waals surface area contributed by atoms with Crippen molar-refractivity contribution in [2.75, 3.05) is 4.90 Å². The Balaban J connectivity index is 1.56. The zero-order chi connectivity index (χ0) is 23.0. The van der Waals surface area contributed by atoms with E-state index < -0.39 is 5.54 Å². The first-order chi connectivity index (χ1) is 16.0. The van der Waals surface area contributed by atoms with Gasteiger partial charge in [0.25, 0.3) is 5.91 Å². The van der Waals surface area contributed by atoms with E-state index in [1.165, 1.54) is 19.3 Å². The lowest BCUT2D eigenvalue weighted by molar-refractivity contribution is -0.127. The van der Waals surface area contributed by atoms with Crippen molar-refractivity contribution >= 4 is 40.0 Å². The maximum atomic E-state index is 13.9. The summed E-state index contributed by atoms with van der Waals surface area (Å²) < 4.78 is 2.00. The molecule has 1 aliphatic heterocycles. The number of rotatable bonds is 3. The Hall–Kier alpha value is -2.79. The lowest BCUT2D eigenvalue weighted by atomic mass is 9.91. The van der Waals surface area contributed by atoms with Crippen LogP contribution in [0.5, 0.6) is 0 Å². The summed E-state index contributed by atoms with van der Waals surface area (Å²) in [5.41, 5.74) is 1.18. The molecule has 5 nitrogen and oxygen atoms in total. The van der Waals surface area contributed by atoms with E-state index in [2.05, 4.69) is 5.32 Å². The predicted octanol–water partition coefficient (Wildman–Crippen LogP) is 5.94. The van der Waals surface area contributed by atoms with Gasteiger partial charge in [-0.2, -0.15) is 0 Å². The zero-order valence-corrected chi connectivity index (χ0v) is 19.8. The molecule has 1 atom stereocenters. The van der Waals surface area contributed by atoms with Crippen LogP contribution in [0.15, 0.2) is 54.6 Å². The largest absolute Gasteiger partial charge is 0.351 e. The van der Waals surface area contributed by atoms with Crippen LogP contribution in [-0.2, 0) is 11.3 Å². The van der Waals surface area contributed by atoms with Crippen molar-refractivity contribution < 1.29 is 9.59 Å². The summed E-state index contributed by atoms with van der Waals surface area (Å²) in [6, 6.07) is 17.2. The number of hydrogen-bond donors (Lipinski definition) is 1. The van der Waals surface area contributed by atoms with Crippen LogP contribution in [0.1, 0.15) is 62.4 Å². The van der Waals surface area contributed by atoms with Crippen LogP contribution in [0.2, 0.25) is 5.02 Å². The lowest BCUT2D eigenvalue weighted by Crippen LogP contribution is -2.65. The Bertz CT molecular complexity index is 1180. The molecule has 33 heavy (non-hydrogen) atoms. The van der Waals surface area contributed by atoms with Crippen LogP contribution in [0.3, 0.4) is 0 Å². The smallest absolute Gasteiger partial charge is 0.275 e. The number of hydrogen-bond acceptors (Lipinski definition) is 2. The molecule has 1 aliphatic carbocycles. The highest BCUT2D eigenvalue weighted by Crippen LogP contribution is 2.36. The molecule has 2 aromatic carbocycles. The van der Waals surface area contributed by atoms with Gasteiger partial charge >= 0.3 is 0 Å². The minimum Gasteiger partial charge on any atom is -0.351 e. The van der Waals surface area contributed by atoms with Crippen molar-refractivity contribution in [1.29, 1.82) is 0 Å². The predicted molar refractivity (Wildman–Crippen MR) is 133 cm³/mol. The van der Waals surface area contributed by atoms with Gasteiger partial charge in [-0.25, -0.2) is 0 Å². The fourth-order valence-electron chi connectivity index (χ4n) is 5.38. The van der Waals surface area contributed by atoms with Crippen molar-refractivity contribution in [3.8, 4) is 0 Å². The molecule has 3 aromatic rings. The van der Waals surface area contributed by atoms with E-state index in [0.29, 0.717) is 22.9 Å². The maximum absolute atomic E-state index is 13.9. The quantitative estimate of drug-likeness (QED) is 0.522. The molecule has 1 fully saturated rings. The van der Waals surface area contributed by atoms with Gasteiger partial charge in [-0.3, -0.25) is 14.5 Å². The SMILES string of the molecule is CC1(C(=O)NC2CCCCCCC2)Cn2c(cc3ccccc32)C(=O)N1c1ccc(Cl)cc1. The first-order valence-electron chi connectivity index (χ1n) is 12.0. The van der Waals surface area contributed by atoms with Crippen LogP contribution in [0.25, 0.3) is 10.9 Å². The summed E-state index contributed by atoms with van der Waals surface area (Å²) >= 11 is 6.13. The molecule has 172 valence electrons.